The SMILES string of the molecule is COC(=O)c1ccc(Br)c(NC2=C(C)C(=O)CCC2)c1. The summed E-state index contributed by atoms with van der Waals surface area (Å²) in [7, 11) is 1.35. The highest BCUT2D eigenvalue weighted by atomic mass is 79.9. The lowest BCUT2D eigenvalue weighted by atomic mass is 9.96. The van der Waals surface area contributed by atoms with E-state index < -0.39 is 0 Å². The molecule has 0 fully saturated rings. The molecule has 0 bridgehead atoms. The molecule has 1 aliphatic carbocycles. The molecule has 0 heterocycles. The molecule has 1 aliphatic rings. The van der Waals surface area contributed by atoms with Gasteiger partial charge in [0.05, 0.1) is 18.4 Å². The van der Waals surface area contributed by atoms with Crippen LogP contribution in [0.15, 0.2) is 33.9 Å². The van der Waals surface area contributed by atoms with Gasteiger partial charge in [-0.3, -0.25) is 4.79 Å². The number of Topliss-reactive ketones (excluding diaryl/α,β-unsaturated/α-hetero) is 1. The number of carbonyl (C=O) groups is 2. The normalized spacial score (nSPS) is 15.2. The molecule has 0 amide bonds. The molecule has 0 aliphatic heterocycles. The Balaban J connectivity index is 2.31. The Bertz CT molecular complexity index is 593. The highest BCUT2D eigenvalue weighted by Gasteiger charge is 2.18. The van der Waals surface area contributed by atoms with Crippen molar-refractivity contribution in [3.05, 3.63) is 39.5 Å². The molecule has 2 rings (SSSR count). The van der Waals surface area contributed by atoms with Crippen LogP contribution in [0.25, 0.3) is 0 Å². The first-order valence-corrected chi connectivity index (χ1v) is 7.20. The zero-order valence-corrected chi connectivity index (χ0v) is 13.0. The largest absolute Gasteiger partial charge is 0.465 e. The number of rotatable bonds is 3. The molecule has 1 aromatic carbocycles. The Morgan fingerprint density at radius 2 is 2.10 bits per heavy atom. The Labute approximate surface area is 126 Å². The van der Waals surface area contributed by atoms with E-state index in [4.69, 9.17) is 4.74 Å². The van der Waals surface area contributed by atoms with Crippen LogP contribution < -0.4 is 5.32 Å². The van der Waals surface area contributed by atoms with Crippen LogP contribution in [-0.4, -0.2) is 18.9 Å². The smallest absolute Gasteiger partial charge is 0.337 e. The van der Waals surface area contributed by atoms with Crippen molar-refractivity contribution in [2.75, 3.05) is 12.4 Å². The van der Waals surface area contributed by atoms with Crippen LogP contribution in [0.5, 0.6) is 0 Å². The molecule has 0 saturated heterocycles. The second kappa shape index (κ2) is 6.22. The molecule has 0 spiro atoms. The number of ether oxygens (including phenoxy) is 1. The Hall–Kier alpha value is -1.62. The Kier molecular flexibility index (Phi) is 4.60. The fraction of sp³-hybridized carbons (Fsp3) is 0.333. The van der Waals surface area contributed by atoms with E-state index in [-0.39, 0.29) is 11.8 Å². The number of ketones is 1. The van der Waals surface area contributed by atoms with Crippen molar-refractivity contribution in [2.45, 2.75) is 26.2 Å². The van der Waals surface area contributed by atoms with E-state index in [1.54, 1.807) is 18.2 Å². The lowest BCUT2D eigenvalue weighted by Crippen LogP contribution is -2.15. The predicted octanol–water partition coefficient (Wildman–Crippen LogP) is 3.67. The van der Waals surface area contributed by atoms with Gasteiger partial charge < -0.3 is 10.1 Å². The van der Waals surface area contributed by atoms with Crippen LogP contribution in [0.2, 0.25) is 0 Å². The van der Waals surface area contributed by atoms with E-state index in [9.17, 15) is 9.59 Å². The number of halogens is 1. The lowest BCUT2D eigenvalue weighted by molar-refractivity contribution is -0.116. The fourth-order valence-electron chi connectivity index (χ4n) is 2.15. The van der Waals surface area contributed by atoms with Gasteiger partial charge in [0.15, 0.2) is 5.78 Å². The first-order chi connectivity index (χ1) is 9.52. The standard InChI is InChI=1S/C15H16BrNO3/c1-9-12(4-3-5-14(9)18)17-13-8-10(15(19)20-2)6-7-11(13)16/h6-8,17H,3-5H2,1-2H3. The van der Waals surface area contributed by atoms with E-state index in [1.165, 1.54) is 7.11 Å². The van der Waals surface area contributed by atoms with Crippen molar-refractivity contribution < 1.29 is 14.3 Å². The second-order valence-corrected chi connectivity index (χ2v) is 5.55. The lowest BCUT2D eigenvalue weighted by Gasteiger charge is -2.19. The number of hydrogen-bond acceptors (Lipinski definition) is 4. The molecule has 4 nitrogen and oxygen atoms in total. The number of benzene rings is 1. The van der Waals surface area contributed by atoms with Gasteiger partial charge in [0.25, 0.3) is 0 Å². The van der Waals surface area contributed by atoms with Gasteiger partial charge in [-0.25, -0.2) is 4.79 Å². The molecule has 0 saturated carbocycles. The zero-order valence-electron chi connectivity index (χ0n) is 11.5. The third-order valence-corrected chi connectivity index (χ3v) is 4.07. The third kappa shape index (κ3) is 3.10. The van der Waals surface area contributed by atoms with E-state index in [0.29, 0.717) is 12.0 Å². The number of esters is 1. The summed E-state index contributed by atoms with van der Waals surface area (Å²) in [6, 6.07) is 5.19. The van der Waals surface area contributed by atoms with E-state index in [2.05, 4.69) is 21.2 Å². The van der Waals surface area contributed by atoms with Crippen molar-refractivity contribution in [3.63, 3.8) is 0 Å². The molecule has 20 heavy (non-hydrogen) atoms. The summed E-state index contributed by atoms with van der Waals surface area (Å²) >= 11 is 3.44. The molecule has 0 unspecified atom stereocenters. The van der Waals surface area contributed by atoms with E-state index in [1.807, 2.05) is 6.92 Å². The summed E-state index contributed by atoms with van der Waals surface area (Å²) in [5, 5.41) is 3.25. The topological polar surface area (TPSA) is 55.4 Å². The minimum atomic E-state index is -0.383. The van der Waals surface area contributed by atoms with Crippen LogP contribution in [0.4, 0.5) is 5.69 Å². The average Bonchev–Trinajstić information content (AvgIpc) is 2.45. The molecule has 106 valence electrons. The fourth-order valence-corrected chi connectivity index (χ4v) is 2.50. The van der Waals surface area contributed by atoms with Crippen LogP contribution in [0.3, 0.4) is 0 Å². The zero-order chi connectivity index (χ0) is 14.7. The minimum absolute atomic E-state index is 0.180. The molecule has 0 atom stereocenters. The van der Waals surface area contributed by atoms with Gasteiger partial charge in [0.1, 0.15) is 0 Å². The van der Waals surface area contributed by atoms with E-state index >= 15 is 0 Å². The summed E-state index contributed by atoms with van der Waals surface area (Å²) < 4.78 is 5.55. The molecule has 0 radical (unpaired) electrons. The van der Waals surface area contributed by atoms with Gasteiger partial charge in [-0.2, -0.15) is 0 Å². The van der Waals surface area contributed by atoms with Crippen molar-refractivity contribution in [3.8, 4) is 0 Å². The molecular formula is C15H16BrNO3. The monoisotopic (exact) mass is 337 g/mol. The highest BCUT2D eigenvalue weighted by Crippen LogP contribution is 2.29. The summed E-state index contributed by atoms with van der Waals surface area (Å²) in [5.74, 6) is -0.204. The summed E-state index contributed by atoms with van der Waals surface area (Å²) in [4.78, 5) is 23.3. The number of methoxy groups -OCH3 is 1. The van der Waals surface area contributed by atoms with Crippen LogP contribution in [0.1, 0.15) is 36.5 Å². The summed E-state index contributed by atoms with van der Waals surface area (Å²) in [6.45, 7) is 1.84. The number of nitrogens with one attached hydrogen (secondary N) is 1. The van der Waals surface area contributed by atoms with E-state index in [0.717, 1.165) is 34.3 Å². The average molecular weight is 338 g/mol. The molecular weight excluding hydrogens is 322 g/mol. The van der Waals surface area contributed by atoms with Crippen molar-refractivity contribution >= 4 is 33.4 Å². The number of hydrogen-bond donors (Lipinski definition) is 1. The van der Waals surface area contributed by atoms with Gasteiger partial charge in [-0.05, 0) is 53.9 Å². The van der Waals surface area contributed by atoms with Gasteiger partial charge in [-0.1, -0.05) is 0 Å². The quantitative estimate of drug-likeness (QED) is 0.855. The van der Waals surface area contributed by atoms with Gasteiger partial charge in [-0.15, -0.1) is 0 Å². The van der Waals surface area contributed by atoms with Crippen LogP contribution in [-0.2, 0) is 9.53 Å². The van der Waals surface area contributed by atoms with Gasteiger partial charge in [0, 0.05) is 22.2 Å². The first kappa shape index (κ1) is 14.8. The molecule has 1 aromatic rings. The number of anilines is 1. The maximum absolute atomic E-state index is 11.7. The van der Waals surface area contributed by atoms with Gasteiger partial charge >= 0.3 is 5.97 Å². The maximum atomic E-state index is 11.7. The number of allylic oxidation sites excluding steroid dienone is 2. The minimum Gasteiger partial charge on any atom is -0.465 e. The molecule has 5 heteroatoms. The van der Waals surface area contributed by atoms with Crippen molar-refractivity contribution in [1.29, 1.82) is 0 Å². The summed E-state index contributed by atoms with van der Waals surface area (Å²) in [5.41, 5.74) is 2.92. The third-order valence-electron chi connectivity index (χ3n) is 3.37. The van der Waals surface area contributed by atoms with Crippen molar-refractivity contribution in [2.24, 2.45) is 0 Å². The van der Waals surface area contributed by atoms with Crippen LogP contribution in [0, 0.1) is 0 Å². The summed E-state index contributed by atoms with van der Waals surface area (Å²) in [6.07, 6.45) is 2.31. The molecule has 1 N–H and O–H groups in total. The Morgan fingerprint density at radius 1 is 1.35 bits per heavy atom. The predicted molar refractivity (Wildman–Crippen MR) is 80.7 cm³/mol. The van der Waals surface area contributed by atoms with Crippen molar-refractivity contribution in [1.82, 2.24) is 0 Å². The molecule has 0 aromatic heterocycles. The van der Waals surface area contributed by atoms with Gasteiger partial charge in [0.2, 0.25) is 0 Å². The maximum Gasteiger partial charge on any atom is 0.337 e. The second-order valence-electron chi connectivity index (χ2n) is 4.69. The number of carbonyl (C=O) groups excluding carboxylic acids is 2. The first-order valence-electron chi connectivity index (χ1n) is 6.40. The highest BCUT2D eigenvalue weighted by molar-refractivity contribution is 9.10. The van der Waals surface area contributed by atoms with Crippen LogP contribution >= 0.6 is 15.9 Å². The Morgan fingerprint density at radius 3 is 2.80 bits per heavy atom.